The van der Waals surface area contributed by atoms with Crippen molar-refractivity contribution in [2.24, 2.45) is 11.8 Å². The number of nitrogens with zero attached hydrogens (tertiary/aromatic N) is 3. The zero-order valence-corrected chi connectivity index (χ0v) is 18.1. The number of amides is 1. The van der Waals surface area contributed by atoms with Gasteiger partial charge >= 0.3 is 0 Å². The summed E-state index contributed by atoms with van der Waals surface area (Å²) in [6, 6.07) is 9.81. The highest BCUT2D eigenvalue weighted by molar-refractivity contribution is 5.93. The van der Waals surface area contributed by atoms with Gasteiger partial charge < -0.3 is 9.88 Å². The van der Waals surface area contributed by atoms with Crippen LogP contribution < -0.4 is 10.9 Å². The smallest absolute Gasteiger partial charge is 0.263 e. The summed E-state index contributed by atoms with van der Waals surface area (Å²) in [6.07, 6.45) is 9.13. The summed E-state index contributed by atoms with van der Waals surface area (Å²) in [5.74, 6) is 1.12. The maximum atomic E-state index is 13.2. The van der Waals surface area contributed by atoms with Crippen LogP contribution in [0.2, 0.25) is 0 Å². The number of nitrogens with one attached hydrogen (secondary N) is 1. The number of carbonyl (C=O) groups excluding carboxylic acids is 1. The molecule has 31 heavy (non-hydrogen) atoms. The molecule has 2 bridgehead atoms. The first kappa shape index (κ1) is 20.4. The second kappa shape index (κ2) is 8.95. The van der Waals surface area contributed by atoms with Crippen LogP contribution in [0.5, 0.6) is 0 Å². The van der Waals surface area contributed by atoms with Gasteiger partial charge in [0.25, 0.3) is 11.5 Å². The number of fused-ring (bicyclic) bond motifs is 4. The number of carbonyl (C=O) groups is 1. The molecule has 2 atom stereocenters. The standard InChI is InChI=1S/C25H32N4O2/c30-24(27-13-18-6-2-1-3-7-18)22-9-10-23-20-12-19(15-29(23)25(22)31)14-28(16-20)17-21-8-4-5-11-26-21/h4-5,8-11,18-20H,1-3,6-7,12-17H2,(H,27,30)/t19-,20+/m0/s1. The summed E-state index contributed by atoms with van der Waals surface area (Å²) in [4.78, 5) is 32.9. The van der Waals surface area contributed by atoms with Crippen molar-refractivity contribution in [2.75, 3.05) is 19.6 Å². The topological polar surface area (TPSA) is 67.2 Å². The average Bonchev–Trinajstić information content (AvgIpc) is 2.79. The van der Waals surface area contributed by atoms with Crippen LogP contribution in [0.3, 0.4) is 0 Å². The van der Waals surface area contributed by atoms with E-state index >= 15 is 0 Å². The predicted molar refractivity (Wildman–Crippen MR) is 120 cm³/mol. The molecule has 0 unspecified atom stereocenters. The number of pyridine rings is 2. The number of aromatic nitrogens is 2. The third kappa shape index (κ3) is 4.45. The van der Waals surface area contributed by atoms with Gasteiger partial charge in [-0.05, 0) is 55.4 Å². The van der Waals surface area contributed by atoms with Crippen LogP contribution in [0.1, 0.15) is 66.2 Å². The average molecular weight is 421 g/mol. The van der Waals surface area contributed by atoms with E-state index in [1.165, 1.54) is 32.1 Å². The van der Waals surface area contributed by atoms with E-state index in [0.717, 1.165) is 37.4 Å². The fourth-order valence-electron chi connectivity index (χ4n) is 5.79. The van der Waals surface area contributed by atoms with Crippen LogP contribution in [-0.4, -0.2) is 40.0 Å². The first-order valence-corrected chi connectivity index (χ1v) is 11.8. The van der Waals surface area contributed by atoms with Gasteiger partial charge in [0.05, 0.1) is 5.69 Å². The van der Waals surface area contributed by atoms with E-state index in [9.17, 15) is 9.59 Å². The minimum atomic E-state index is -0.210. The number of hydrogen-bond acceptors (Lipinski definition) is 4. The molecule has 2 aromatic heterocycles. The molecule has 164 valence electrons. The highest BCUT2D eigenvalue weighted by Gasteiger charge is 2.35. The molecule has 2 aromatic rings. The van der Waals surface area contributed by atoms with Gasteiger partial charge in [0.15, 0.2) is 0 Å². The number of hydrogen-bond donors (Lipinski definition) is 1. The lowest BCUT2D eigenvalue weighted by atomic mass is 9.83. The summed E-state index contributed by atoms with van der Waals surface area (Å²) in [5.41, 5.74) is 2.34. The Morgan fingerprint density at radius 2 is 1.94 bits per heavy atom. The molecule has 4 heterocycles. The van der Waals surface area contributed by atoms with E-state index in [2.05, 4.69) is 21.3 Å². The summed E-state index contributed by atoms with van der Waals surface area (Å²) < 4.78 is 1.88. The first-order chi connectivity index (χ1) is 15.2. The zero-order chi connectivity index (χ0) is 21.2. The third-order valence-corrected chi connectivity index (χ3v) is 7.31. The lowest BCUT2D eigenvalue weighted by Crippen LogP contribution is -2.48. The highest BCUT2D eigenvalue weighted by atomic mass is 16.2. The molecular weight excluding hydrogens is 388 g/mol. The summed E-state index contributed by atoms with van der Waals surface area (Å²) in [6.45, 7) is 4.14. The Labute approximate surface area is 183 Å². The monoisotopic (exact) mass is 420 g/mol. The van der Waals surface area contributed by atoms with Crippen LogP contribution in [0.15, 0.2) is 41.3 Å². The van der Waals surface area contributed by atoms with Gasteiger partial charge in [-0.15, -0.1) is 0 Å². The van der Waals surface area contributed by atoms with E-state index in [0.29, 0.717) is 36.4 Å². The molecular formula is C25H32N4O2. The second-order valence-electron chi connectivity index (χ2n) is 9.62. The number of likely N-dealkylation sites (tertiary alicyclic amines) is 1. The summed E-state index contributed by atoms with van der Waals surface area (Å²) in [5, 5.41) is 3.03. The Kier molecular flexibility index (Phi) is 5.90. The maximum absolute atomic E-state index is 13.2. The van der Waals surface area contributed by atoms with Crippen LogP contribution in [0.4, 0.5) is 0 Å². The SMILES string of the molecule is O=C(NCC1CCCCC1)c1ccc2n(c1=O)C[C@H]1C[C@@H]2CN(Cc2ccccn2)C1. The molecule has 2 aliphatic heterocycles. The minimum absolute atomic E-state index is 0.119. The van der Waals surface area contributed by atoms with Gasteiger partial charge in [-0.2, -0.15) is 0 Å². The van der Waals surface area contributed by atoms with Crippen molar-refractivity contribution in [2.45, 2.75) is 57.5 Å². The lowest BCUT2D eigenvalue weighted by molar-refractivity contribution is 0.0936. The predicted octanol–water partition coefficient (Wildman–Crippen LogP) is 3.17. The number of rotatable bonds is 5. The Bertz CT molecular complexity index is 981. The molecule has 0 aromatic carbocycles. The first-order valence-electron chi connectivity index (χ1n) is 11.8. The fourth-order valence-corrected chi connectivity index (χ4v) is 5.79. The number of piperidine rings is 1. The largest absolute Gasteiger partial charge is 0.352 e. The van der Waals surface area contributed by atoms with Crippen molar-refractivity contribution in [3.05, 3.63) is 63.8 Å². The fraction of sp³-hybridized carbons (Fsp3) is 0.560. The van der Waals surface area contributed by atoms with Gasteiger partial charge in [-0.1, -0.05) is 25.3 Å². The molecule has 5 rings (SSSR count). The lowest BCUT2D eigenvalue weighted by Gasteiger charge is -2.42. The van der Waals surface area contributed by atoms with Crippen LogP contribution >= 0.6 is 0 Å². The van der Waals surface area contributed by atoms with E-state index < -0.39 is 0 Å². The highest BCUT2D eigenvalue weighted by Crippen LogP contribution is 2.35. The van der Waals surface area contributed by atoms with Crippen molar-refractivity contribution >= 4 is 5.91 Å². The maximum Gasteiger partial charge on any atom is 0.263 e. The Hall–Kier alpha value is -2.47. The minimum Gasteiger partial charge on any atom is -0.352 e. The second-order valence-corrected chi connectivity index (χ2v) is 9.62. The molecule has 2 fully saturated rings. The van der Waals surface area contributed by atoms with E-state index in [4.69, 9.17) is 0 Å². The molecule has 3 aliphatic rings. The Morgan fingerprint density at radius 3 is 2.74 bits per heavy atom. The molecule has 6 heteroatoms. The van der Waals surface area contributed by atoms with Crippen molar-refractivity contribution in [1.82, 2.24) is 19.8 Å². The molecule has 1 aliphatic carbocycles. The van der Waals surface area contributed by atoms with Crippen molar-refractivity contribution in [3.63, 3.8) is 0 Å². The molecule has 1 N–H and O–H groups in total. The normalized spacial score (nSPS) is 23.9. The quantitative estimate of drug-likeness (QED) is 0.807. The van der Waals surface area contributed by atoms with Gasteiger partial charge in [0, 0.05) is 50.5 Å². The van der Waals surface area contributed by atoms with Gasteiger partial charge in [-0.25, -0.2) is 0 Å². The van der Waals surface area contributed by atoms with E-state index in [1.54, 1.807) is 6.07 Å². The van der Waals surface area contributed by atoms with Gasteiger partial charge in [0.1, 0.15) is 5.56 Å². The molecule has 6 nitrogen and oxygen atoms in total. The molecule has 0 radical (unpaired) electrons. The third-order valence-electron chi connectivity index (χ3n) is 7.31. The van der Waals surface area contributed by atoms with Gasteiger partial charge in [0.2, 0.25) is 0 Å². The van der Waals surface area contributed by atoms with E-state index in [1.807, 2.05) is 29.0 Å². The summed E-state index contributed by atoms with van der Waals surface area (Å²) in [7, 11) is 0. The molecule has 1 saturated heterocycles. The Balaban J connectivity index is 1.29. The van der Waals surface area contributed by atoms with Crippen LogP contribution in [0.25, 0.3) is 0 Å². The molecule has 0 spiro atoms. The van der Waals surface area contributed by atoms with Gasteiger partial charge in [-0.3, -0.25) is 19.5 Å². The Morgan fingerprint density at radius 1 is 1.06 bits per heavy atom. The van der Waals surface area contributed by atoms with Crippen molar-refractivity contribution in [3.8, 4) is 0 Å². The zero-order valence-electron chi connectivity index (χ0n) is 18.1. The van der Waals surface area contributed by atoms with E-state index in [-0.39, 0.29) is 11.5 Å². The van der Waals surface area contributed by atoms with Crippen LogP contribution in [0, 0.1) is 11.8 Å². The van der Waals surface area contributed by atoms with Crippen LogP contribution in [-0.2, 0) is 13.1 Å². The van der Waals surface area contributed by atoms with Crippen molar-refractivity contribution in [1.29, 1.82) is 0 Å². The van der Waals surface area contributed by atoms with Crippen molar-refractivity contribution < 1.29 is 4.79 Å². The molecule has 1 saturated carbocycles. The molecule has 1 amide bonds. The summed E-state index contributed by atoms with van der Waals surface area (Å²) >= 11 is 0.